The highest BCUT2D eigenvalue weighted by Crippen LogP contribution is 2.61. The Morgan fingerprint density at radius 1 is 0.442 bits per heavy atom. The molecule has 12 atom stereocenters. The number of hydrogen-bond acceptors (Lipinski definition) is 6. The molecule has 6 fully saturated rings. The van der Waals surface area contributed by atoms with Crippen molar-refractivity contribution in [2.45, 2.75) is 207 Å². The zero-order valence-electron chi connectivity index (χ0n) is 35.2. The van der Waals surface area contributed by atoms with Gasteiger partial charge >= 0.3 is 0 Å². The van der Waals surface area contributed by atoms with Crippen molar-refractivity contribution in [2.24, 2.45) is 57.2 Å². The van der Waals surface area contributed by atoms with E-state index in [9.17, 15) is 10.2 Å². The van der Waals surface area contributed by atoms with Crippen molar-refractivity contribution in [3.8, 4) is 0 Å². The minimum absolute atomic E-state index is 0.239. The Morgan fingerprint density at radius 2 is 0.750 bits per heavy atom. The van der Waals surface area contributed by atoms with E-state index in [-0.39, 0.29) is 37.5 Å². The number of aliphatic hydroxyl groups is 2. The third kappa shape index (κ3) is 10.0. The second kappa shape index (κ2) is 17.1. The number of aliphatic hydroxyl groups excluding tert-OH is 2. The number of nitrogens with one attached hydrogen (secondary N) is 2. The summed E-state index contributed by atoms with van der Waals surface area (Å²) in [6, 6.07) is 0.536. The second-order valence-corrected chi connectivity index (χ2v) is 22.5. The Labute approximate surface area is 320 Å². The molecule has 6 rings (SSSR count). The minimum Gasteiger partial charge on any atom is -0.396 e. The number of hydrogen-bond donors (Lipinski definition) is 4. The number of unbranched alkanes of at least 4 members (excludes halogenated alkanes) is 7. The average Bonchev–Trinajstić information content (AvgIpc) is 3.76. The lowest BCUT2D eigenvalue weighted by Gasteiger charge is -2.45. The lowest BCUT2D eigenvalue weighted by atomic mass is 9.74. The first-order valence-electron chi connectivity index (χ1n) is 22.6. The number of ether oxygens (including phenoxy) is 2. The van der Waals surface area contributed by atoms with Gasteiger partial charge in [0.2, 0.25) is 0 Å². The van der Waals surface area contributed by atoms with Gasteiger partial charge in [-0.15, -0.1) is 0 Å². The third-order valence-corrected chi connectivity index (χ3v) is 15.5. The summed E-state index contributed by atoms with van der Waals surface area (Å²) in [6.45, 7) is 22.2. The van der Waals surface area contributed by atoms with Crippen LogP contribution in [0.5, 0.6) is 0 Å². The van der Waals surface area contributed by atoms with Gasteiger partial charge in [-0.2, -0.15) is 0 Å². The standard InChI is InChI=1S/C46H84N2O4/c1-43(2)23-31-33-25-45(5,6)29-39(33)51-41(35(31)27-43)37(17-21-49)47-19-15-13-11-9-10-12-14-16-20-48-38(18-22-50)42-36-28-44(3,4)24-32(36)34-26-46(7,8)30-40(34)52-42/h31-42,47-50H,9-30H2,1-8H3/t31-,32-,33-,34-,35-,36-,37?,38?,39-,40-,41+,42+/m1/s1. The molecule has 6 heteroatoms. The summed E-state index contributed by atoms with van der Waals surface area (Å²) in [6.07, 6.45) is 23.4. The molecular weight excluding hydrogens is 645 g/mol. The molecule has 0 amide bonds. The van der Waals surface area contributed by atoms with Crippen molar-refractivity contribution < 1.29 is 19.7 Å². The fraction of sp³-hybridized carbons (Fsp3) is 1.00. The fourth-order valence-corrected chi connectivity index (χ4v) is 13.6. The van der Waals surface area contributed by atoms with E-state index in [0.717, 1.165) is 49.6 Å². The maximum absolute atomic E-state index is 10.0. The average molecular weight is 729 g/mol. The van der Waals surface area contributed by atoms with E-state index in [4.69, 9.17) is 9.47 Å². The van der Waals surface area contributed by atoms with Gasteiger partial charge in [-0.25, -0.2) is 0 Å². The van der Waals surface area contributed by atoms with Gasteiger partial charge in [0.05, 0.1) is 24.4 Å². The quantitative estimate of drug-likeness (QED) is 0.0994. The third-order valence-electron chi connectivity index (χ3n) is 15.5. The van der Waals surface area contributed by atoms with Gasteiger partial charge in [0.1, 0.15) is 0 Å². The SMILES string of the molecule is CC1(C)C[C@H]2[C@@H](C1)[C@@H](C(CCO)NCCCCCCCCCCNC(CCO)[C@H]1O[C@@H]3CC(C)(C)C[C@@H]3[C@H]3CC(C)(C)C[C@H]31)O[C@@H]1CC(C)(C)C[C@H]21. The molecule has 0 aromatic carbocycles. The highest BCUT2D eigenvalue weighted by molar-refractivity contribution is 5.08. The van der Waals surface area contributed by atoms with Crippen molar-refractivity contribution in [1.29, 1.82) is 0 Å². The van der Waals surface area contributed by atoms with Gasteiger partial charge < -0.3 is 30.3 Å². The molecule has 0 aromatic heterocycles. The summed E-state index contributed by atoms with van der Waals surface area (Å²) < 4.78 is 14.0. The largest absolute Gasteiger partial charge is 0.396 e. The summed E-state index contributed by atoms with van der Waals surface area (Å²) in [5.41, 5.74) is 1.58. The van der Waals surface area contributed by atoms with Crippen LogP contribution in [-0.2, 0) is 9.47 Å². The van der Waals surface area contributed by atoms with E-state index in [1.54, 1.807) is 0 Å². The molecule has 2 saturated heterocycles. The van der Waals surface area contributed by atoms with Crippen molar-refractivity contribution >= 4 is 0 Å². The maximum Gasteiger partial charge on any atom is 0.0763 e. The van der Waals surface area contributed by atoms with Crippen molar-refractivity contribution in [3.05, 3.63) is 0 Å². The summed E-state index contributed by atoms with van der Waals surface area (Å²) >= 11 is 0. The first-order chi connectivity index (χ1) is 24.6. The molecule has 2 aliphatic heterocycles. The lowest BCUT2D eigenvalue weighted by Crippen LogP contribution is -2.53. The highest BCUT2D eigenvalue weighted by Gasteiger charge is 2.59. The van der Waals surface area contributed by atoms with Gasteiger partial charge in [0.15, 0.2) is 0 Å². The van der Waals surface area contributed by atoms with E-state index < -0.39 is 0 Å². The van der Waals surface area contributed by atoms with Crippen molar-refractivity contribution in [3.63, 3.8) is 0 Å². The predicted octanol–water partition coefficient (Wildman–Crippen LogP) is 9.30. The van der Waals surface area contributed by atoms with Crippen LogP contribution in [0.15, 0.2) is 0 Å². The lowest BCUT2D eigenvalue weighted by molar-refractivity contribution is -0.140. The van der Waals surface area contributed by atoms with E-state index in [2.05, 4.69) is 66.0 Å². The Balaban J connectivity index is 0.862. The smallest absolute Gasteiger partial charge is 0.0763 e. The van der Waals surface area contributed by atoms with Crippen LogP contribution in [0.25, 0.3) is 0 Å². The molecule has 6 aliphatic rings. The highest BCUT2D eigenvalue weighted by atomic mass is 16.5. The Kier molecular flexibility index (Phi) is 13.6. The van der Waals surface area contributed by atoms with Gasteiger partial charge in [-0.1, -0.05) is 93.9 Å². The molecule has 2 unspecified atom stereocenters. The van der Waals surface area contributed by atoms with Crippen LogP contribution >= 0.6 is 0 Å². The molecule has 0 spiro atoms. The van der Waals surface area contributed by atoms with Crippen LogP contribution in [0, 0.1) is 57.2 Å². The van der Waals surface area contributed by atoms with Crippen molar-refractivity contribution in [1.82, 2.24) is 10.6 Å². The number of rotatable bonds is 19. The van der Waals surface area contributed by atoms with E-state index in [1.165, 1.54) is 103 Å². The molecular formula is C46H84N2O4. The number of fused-ring (bicyclic) bond motifs is 6. The first kappa shape index (κ1) is 41.4. The van der Waals surface area contributed by atoms with Crippen LogP contribution in [0.1, 0.15) is 171 Å². The molecule has 4 saturated carbocycles. The topological polar surface area (TPSA) is 83.0 Å². The fourth-order valence-electron chi connectivity index (χ4n) is 13.6. The first-order valence-corrected chi connectivity index (χ1v) is 22.6. The predicted molar refractivity (Wildman–Crippen MR) is 214 cm³/mol. The van der Waals surface area contributed by atoms with Crippen LogP contribution in [0.2, 0.25) is 0 Å². The molecule has 4 aliphatic carbocycles. The van der Waals surface area contributed by atoms with E-state index in [1.807, 2.05) is 0 Å². The molecule has 302 valence electrons. The molecule has 0 aromatic rings. The Hall–Kier alpha value is -0.240. The minimum atomic E-state index is 0.239. The second-order valence-electron chi connectivity index (χ2n) is 22.5. The van der Waals surface area contributed by atoms with Gasteiger partial charge in [-0.3, -0.25) is 0 Å². The zero-order chi connectivity index (χ0) is 37.3. The molecule has 6 nitrogen and oxygen atoms in total. The normalized spacial score (nSPS) is 39.1. The van der Waals surface area contributed by atoms with Gasteiger partial charge in [0.25, 0.3) is 0 Å². The van der Waals surface area contributed by atoms with E-state index in [0.29, 0.717) is 45.7 Å². The van der Waals surface area contributed by atoms with Gasteiger partial charge in [0, 0.05) is 25.3 Å². The van der Waals surface area contributed by atoms with Crippen LogP contribution in [0.3, 0.4) is 0 Å². The van der Waals surface area contributed by atoms with Gasteiger partial charge in [-0.05, 0) is 147 Å². The summed E-state index contributed by atoms with van der Waals surface area (Å²) in [7, 11) is 0. The summed E-state index contributed by atoms with van der Waals surface area (Å²) in [5.74, 6) is 4.28. The summed E-state index contributed by atoms with van der Waals surface area (Å²) in [4.78, 5) is 0. The van der Waals surface area contributed by atoms with Crippen molar-refractivity contribution in [2.75, 3.05) is 26.3 Å². The molecule has 0 radical (unpaired) electrons. The molecule has 2 heterocycles. The molecule has 52 heavy (non-hydrogen) atoms. The van der Waals surface area contributed by atoms with E-state index >= 15 is 0 Å². The summed E-state index contributed by atoms with van der Waals surface area (Å²) in [5, 5.41) is 27.9. The maximum atomic E-state index is 10.0. The van der Waals surface area contributed by atoms with Crippen LogP contribution in [0.4, 0.5) is 0 Å². The Morgan fingerprint density at radius 3 is 1.12 bits per heavy atom. The zero-order valence-corrected chi connectivity index (χ0v) is 35.2. The Bertz CT molecular complexity index is 1040. The monoisotopic (exact) mass is 729 g/mol. The van der Waals surface area contributed by atoms with Crippen LogP contribution < -0.4 is 10.6 Å². The van der Waals surface area contributed by atoms with Crippen LogP contribution in [-0.4, -0.2) is 73.0 Å². The molecule has 4 N–H and O–H groups in total. The molecule has 0 bridgehead atoms.